The van der Waals surface area contributed by atoms with Gasteiger partial charge in [-0.25, -0.2) is 4.98 Å². The fourth-order valence-corrected chi connectivity index (χ4v) is 1.87. The third-order valence-electron chi connectivity index (χ3n) is 2.56. The molecule has 0 amide bonds. The van der Waals surface area contributed by atoms with Crippen molar-refractivity contribution in [3.05, 3.63) is 51.9 Å². The summed E-state index contributed by atoms with van der Waals surface area (Å²) in [6.45, 7) is 3.75. The van der Waals surface area contributed by atoms with Gasteiger partial charge < -0.3 is 5.73 Å². The Morgan fingerprint density at radius 3 is 2.61 bits per heavy atom. The number of pyridine rings is 2. The molecule has 18 heavy (non-hydrogen) atoms. The number of nitrogens with two attached hydrogens (primary N) is 1. The van der Waals surface area contributed by atoms with Crippen LogP contribution in [0.3, 0.4) is 0 Å². The minimum atomic E-state index is -0.264. The number of hydrogen-bond donors (Lipinski definition) is 1. The summed E-state index contributed by atoms with van der Waals surface area (Å²) in [5.41, 5.74) is 8.15. The highest BCUT2D eigenvalue weighted by molar-refractivity contribution is 6.31. The number of nitrogen functional groups attached to an aromatic ring is 1. The van der Waals surface area contributed by atoms with Crippen molar-refractivity contribution in [1.82, 2.24) is 9.97 Å². The van der Waals surface area contributed by atoms with Crippen LogP contribution in [0.4, 0.5) is 5.82 Å². The van der Waals surface area contributed by atoms with Gasteiger partial charge in [-0.05, 0) is 31.0 Å². The van der Waals surface area contributed by atoms with E-state index < -0.39 is 0 Å². The van der Waals surface area contributed by atoms with Gasteiger partial charge >= 0.3 is 0 Å². The van der Waals surface area contributed by atoms with E-state index in [1.54, 1.807) is 6.20 Å². The van der Waals surface area contributed by atoms with Crippen molar-refractivity contribution in [1.29, 1.82) is 0 Å². The molecule has 0 aliphatic heterocycles. The number of carbonyl (C=O) groups excluding carboxylic acids is 1. The quantitative estimate of drug-likeness (QED) is 0.844. The molecule has 92 valence electrons. The fraction of sp³-hybridized carbons (Fsp3) is 0.154. The molecule has 2 rings (SSSR count). The smallest absolute Gasteiger partial charge is 0.215 e. The number of anilines is 1. The Labute approximate surface area is 110 Å². The first-order valence-corrected chi connectivity index (χ1v) is 5.76. The SMILES string of the molecule is Cc1cnc(C(=O)c2cc(Cl)cnc2N)c(C)c1. The van der Waals surface area contributed by atoms with Crippen molar-refractivity contribution < 1.29 is 4.79 Å². The van der Waals surface area contributed by atoms with Gasteiger partial charge in [-0.3, -0.25) is 9.78 Å². The molecule has 0 saturated carbocycles. The van der Waals surface area contributed by atoms with Gasteiger partial charge in [0, 0.05) is 12.4 Å². The van der Waals surface area contributed by atoms with Gasteiger partial charge in [0.25, 0.3) is 0 Å². The molecule has 0 spiro atoms. The highest BCUT2D eigenvalue weighted by Crippen LogP contribution is 2.19. The van der Waals surface area contributed by atoms with Gasteiger partial charge in [-0.15, -0.1) is 0 Å². The van der Waals surface area contributed by atoms with E-state index in [4.69, 9.17) is 17.3 Å². The molecule has 0 saturated heterocycles. The highest BCUT2D eigenvalue weighted by Gasteiger charge is 2.17. The Kier molecular flexibility index (Phi) is 3.30. The summed E-state index contributed by atoms with van der Waals surface area (Å²) < 4.78 is 0. The molecule has 5 heteroatoms. The summed E-state index contributed by atoms with van der Waals surface area (Å²) in [5.74, 6) is -0.105. The highest BCUT2D eigenvalue weighted by atomic mass is 35.5. The number of hydrogen-bond acceptors (Lipinski definition) is 4. The Hall–Kier alpha value is -1.94. The minimum absolute atomic E-state index is 0.158. The fourth-order valence-electron chi connectivity index (χ4n) is 1.71. The summed E-state index contributed by atoms with van der Waals surface area (Å²) in [7, 11) is 0. The van der Waals surface area contributed by atoms with Crippen molar-refractivity contribution in [3.8, 4) is 0 Å². The topological polar surface area (TPSA) is 68.9 Å². The number of ketones is 1. The van der Waals surface area contributed by atoms with Gasteiger partial charge in [0.05, 0.1) is 10.6 Å². The molecular weight excluding hydrogens is 250 g/mol. The molecule has 0 fully saturated rings. The van der Waals surface area contributed by atoms with Crippen molar-refractivity contribution in [3.63, 3.8) is 0 Å². The van der Waals surface area contributed by atoms with Gasteiger partial charge in [0.2, 0.25) is 5.78 Å². The van der Waals surface area contributed by atoms with Gasteiger partial charge in [-0.1, -0.05) is 17.7 Å². The Balaban J connectivity index is 2.51. The molecular formula is C13H12ClN3O. The van der Waals surface area contributed by atoms with Crippen LogP contribution in [0, 0.1) is 13.8 Å². The molecule has 0 aliphatic carbocycles. The van der Waals surface area contributed by atoms with Crippen LogP contribution < -0.4 is 5.73 Å². The van der Waals surface area contributed by atoms with E-state index >= 15 is 0 Å². The van der Waals surface area contributed by atoms with Crippen LogP contribution in [0.15, 0.2) is 24.5 Å². The first-order chi connectivity index (χ1) is 8.49. The summed E-state index contributed by atoms with van der Waals surface area (Å²) in [6, 6.07) is 3.40. The Morgan fingerprint density at radius 2 is 1.94 bits per heavy atom. The molecule has 4 nitrogen and oxygen atoms in total. The second kappa shape index (κ2) is 4.74. The van der Waals surface area contributed by atoms with Gasteiger partial charge in [0.15, 0.2) is 0 Å². The zero-order chi connectivity index (χ0) is 13.3. The summed E-state index contributed by atoms with van der Waals surface area (Å²) in [6.07, 6.45) is 3.05. The maximum absolute atomic E-state index is 12.3. The lowest BCUT2D eigenvalue weighted by atomic mass is 10.0. The average Bonchev–Trinajstić information content (AvgIpc) is 2.31. The molecule has 0 unspecified atom stereocenters. The van der Waals surface area contributed by atoms with Crippen LogP contribution in [0.1, 0.15) is 27.2 Å². The zero-order valence-corrected chi connectivity index (χ0v) is 10.8. The van der Waals surface area contributed by atoms with E-state index in [1.165, 1.54) is 12.3 Å². The van der Waals surface area contributed by atoms with E-state index in [-0.39, 0.29) is 17.2 Å². The predicted octanol–water partition coefficient (Wildman–Crippen LogP) is 2.56. The first kappa shape index (κ1) is 12.5. The lowest BCUT2D eigenvalue weighted by Gasteiger charge is -2.07. The number of carbonyl (C=O) groups is 1. The summed E-state index contributed by atoms with van der Waals surface area (Å²) in [5, 5.41) is 0.373. The Morgan fingerprint density at radius 1 is 1.22 bits per heavy atom. The molecule has 2 heterocycles. The third kappa shape index (κ3) is 2.33. The van der Waals surface area contributed by atoms with Crippen LogP contribution in [0.25, 0.3) is 0 Å². The zero-order valence-electron chi connectivity index (χ0n) is 10.1. The van der Waals surface area contributed by atoms with E-state index in [0.29, 0.717) is 10.7 Å². The van der Waals surface area contributed by atoms with Crippen LogP contribution in [-0.4, -0.2) is 15.8 Å². The van der Waals surface area contributed by atoms with E-state index in [9.17, 15) is 4.79 Å². The number of rotatable bonds is 2. The monoisotopic (exact) mass is 261 g/mol. The van der Waals surface area contributed by atoms with E-state index in [1.807, 2.05) is 19.9 Å². The molecule has 2 aromatic rings. The molecule has 0 aliphatic rings. The second-order valence-corrected chi connectivity index (χ2v) is 4.53. The van der Waals surface area contributed by atoms with Crippen molar-refractivity contribution in [2.75, 3.05) is 5.73 Å². The van der Waals surface area contributed by atoms with Crippen molar-refractivity contribution in [2.45, 2.75) is 13.8 Å². The number of nitrogens with zero attached hydrogens (tertiary/aromatic N) is 2. The summed E-state index contributed by atoms with van der Waals surface area (Å²) in [4.78, 5) is 20.3. The first-order valence-electron chi connectivity index (χ1n) is 5.38. The maximum Gasteiger partial charge on any atom is 0.215 e. The van der Waals surface area contributed by atoms with Crippen LogP contribution in [-0.2, 0) is 0 Å². The van der Waals surface area contributed by atoms with Crippen LogP contribution in [0.5, 0.6) is 0 Å². The largest absolute Gasteiger partial charge is 0.383 e. The minimum Gasteiger partial charge on any atom is -0.383 e. The lowest BCUT2D eigenvalue weighted by molar-refractivity contribution is 0.103. The van der Waals surface area contributed by atoms with Crippen LogP contribution >= 0.6 is 11.6 Å². The number of halogens is 1. The molecule has 2 aromatic heterocycles. The van der Waals surface area contributed by atoms with Gasteiger partial charge in [0.1, 0.15) is 11.5 Å². The lowest BCUT2D eigenvalue weighted by Crippen LogP contribution is -2.10. The van der Waals surface area contributed by atoms with Crippen LogP contribution in [0.2, 0.25) is 5.02 Å². The molecule has 0 atom stereocenters. The van der Waals surface area contributed by atoms with Crippen molar-refractivity contribution in [2.24, 2.45) is 0 Å². The van der Waals surface area contributed by atoms with E-state index in [0.717, 1.165) is 11.1 Å². The molecule has 0 bridgehead atoms. The van der Waals surface area contributed by atoms with E-state index in [2.05, 4.69) is 9.97 Å². The maximum atomic E-state index is 12.3. The predicted molar refractivity (Wildman–Crippen MR) is 70.8 cm³/mol. The molecule has 0 aromatic carbocycles. The molecule has 2 N–H and O–H groups in total. The number of aryl methyl sites for hydroxylation is 2. The third-order valence-corrected chi connectivity index (χ3v) is 2.77. The summed E-state index contributed by atoms with van der Waals surface area (Å²) >= 11 is 5.82. The van der Waals surface area contributed by atoms with Gasteiger partial charge in [-0.2, -0.15) is 0 Å². The number of aromatic nitrogens is 2. The standard InChI is InChI=1S/C13H12ClN3O/c1-7-3-8(2)11(16-5-7)12(18)10-4-9(14)6-17-13(10)15/h3-6H,1-2H3,(H2,15,17). The van der Waals surface area contributed by atoms with Crippen molar-refractivity contribution >= 4 is 23.2 Å². The second-order valence-electron chi connectivity index (χ2n) is 4.09. The normalized spacial score (nSPS) is 10.4. The average molecular weight is 262 g/mol. The molecule has 0 radical (unpaired) electrons. The Bertz CT molecular complexity index is 626.